The normalized spacial score (nSPS) is 15.8. The molecule has 0 aromatic heterocycles. The lowest BCUT2D eigenvalue weighted by molar-refractivity contribution is -0.121. The topological polar surface area (TPSA) is 69.6 Å². The number of benzene rings is 1. The molecule has 1 rings (SSSR count). The molecule has 1 amide bonds. The Balaban J connectivity index is 2.80. The van der Waals surface area contributed by atoms with Crippen LogP contribution in [0, 0.1) is 0 Å². The number of aliphatic hydroxyl groups is 2. The van der Waals surface area contributed by atoms with Gasteiger partial charge in [0.15, 0.2) is 4.84 Å². The van der Waals surface area contributed by atoms with Crippen LogP contribution in [0.5, 0.6) is 0 Å². The van der Waals surface area contributed by atoms with Crippen molar-refractivity contribution in [3.63, 3.8) is 0 Å². The number of carbonyl (C=O) groups is 1. The van der Waals surface area contributed by atoms with E-state index in [9.17, 15) is 19.4 Å². The summed E-state index contributed by atoms with van der Waals surface area (Å²) in [6.07, 6.45) is -1.87. The summed E-state index contributed by atoms with van der Waals surface area (Å²) >= 11 is 10.7. The van der Waals surface area contributed by atoms with Crippen molar-refractivity contribution in [2.45, 2.75) is 30.0 Å². The molecular formula is C13H16Cl2FNO3. The molecule has 0 saturated carbocycles. The molecule has 0 saturated heterocycles. The number of nitrogens with one attached hydrogen (secondary N) is 1. The summed E-state index contributed by atoms with van der Waals surface area (Å²) in [7, 11) is 0. The molecule has 3 N–H and O–H groups in total. The molecule has 0 radical (unpaired) electrons. The van der Waals surface area contributed by atoms with Gasteiger partial charge in [0, 0.05) is 0 Å². The maximum Gasteiger partial charge on any atom is 0.253 e. The first-order valence-electron chi connectivity index (χ1n) is 5.97. The van der Waals surface area contributed by atoms with Crippen LogP contribution in [0.4, 0.5) is 4.39 Å². The SMILES string of the molecule is CC(O)c1ccc(C(O)C(CF)NC(=O)C(Cl)Cl)cc1. The summed E-state index contributed by atoms with van der Waals surface area (Å²) in [5.74, 6) is -0.768. The van der Waals surface area contributed by atoms with Crippen LogP contribution in [-0.4, -0.2) is 33.7 Å². The van der Waals surface area contributed by atoms with Crippen molar-refractivity contribution >= 4 is 29.1 Å². The minimum absolute atomic E-state index is 0.415. The van der Waals surface area contributed by atoms with Gasteiger partial charge in [-0.2, -0.15) is 0 Å². The van der Waals surface area contributed by atoms with Crippen molar-refractivity contribution in [1.82, 2.24) is 5.32 Å². The number of hydrogen-bond acceptors (Lipinski definition) is 3. The first-order chi connectivity index (χ1) is 9.36. The highest BCUT2D eigenvalue weighted by molar-refractivity contribution is 6.53. The molecule has 0 heterocycles. The molecule has 1 aromatic carbocycles. The Kier molecular flexibility index (Phi) is 6.68. The summed E-state index contributed by atoms with van der Waals surface area (Å²) in [5, 5.41) is 21.6. The van der Waals surface area contributed by atoms with Crippen molar-refractivity contribution in [2.24, 2.45) is 0 Å². The van der Waals surface area contributed by atoms with Crippen LogP contribution >= 0.6 is 23.2 Å². The predicted octanol–water partition coefficient (Wildman–Crippen LogP) is 2.03. The zero-order chi connectivity index (χ0) is 15.3. The standard InChI is InChI=1S/C13H16Cl2FNO3/c1-7(18)8-2-4-9(5-3-8)11(19)10(6-16)17-13(20)12(14)15/h2-5,7,10-12,18-19H,6H2,1H3,(H,17,20). The molecule has 0 aliphatic carbocycles. The molecule has 0 aliphatic rings. The van der Waals surface area contributed by atoms with E-state index in [1.54, 1.807) is 31.2 Å². The average molecular weight is 324 g/mol. The monoisotopic (exact) mass is 323 g/mol. The molecule has 3 atom stereocenters. The van der Waals surface area contributed by atoms with E-state index >= 15 is 0 Å². The van der Waals surface area contributed by atoms with Gasteiger partial charge in [-0.3, -0.25) is 4.79 Å². The fourth-order valence-corrected chi connectivity index (χ4v) is 1.78. The zero-order valence-electron chi connectivity index (χ0n) is 10.8. The number of rotatable bonds is 6. The molecule has 3 unspecified atom stereocenters. The molecule has 0 fully saturated rings. The van der Waals surface area contributed by atoms with Gasteiger partial charge in [-0.1, -0.05) is 47.5 Å². The van der Waals surface area contributed by atoms with Gasteiger partial charge >= 0.3 is 0 Å². The maximum atomic E-state index is 12.9. The molecule has 0 spiro atoms. The third-order valence-corrected chi connectivity index (χ3v) is 3.23. The van der Waals surface area contributed by atoms with Crippen molar-refractivity contribution < 1.29 is 19.4 Å². The minimum Gasteiger partial charge on any atom is -0.389 e. The van der Waals surface area contributed by atoms with Crippen molar-refractivity contribution in [1.29, 1.82) is 0 Å². The highest BCUT2D eigenvalue weighted by Gasteiger charge is 2.25. The van der Waals surface area contributed by atoms with Crippen molar-refractivity contribution in [3.8, 4) is 0 Å². The van der Waals surface area contributed by atoms with Crippen LogP contribution < -0.4 is 5.32 Å². The first kappa shape index (κ1) is 17.2. The third kappa shape index (κ3) is 4.59. The fraction of sp³-hybridized carbons (Fsp3) is 0.462. The van der Waals surface area contributed by atoms with E-state index in [1.807, 2.05) is 0 Å². The highest BCUT2D eigenvalue weighted by atomic mass is 35.5. The Morgan fingerprint density at radius 1 is 1.25 bits per heavy atom. The van der Waals surface area contributed by atoms with E-state index in [-0.39, 0.29) is 0 Å². The van der Waals surface area contributed by atoms with Crippen molar-refractivity contribution in [2.75, 3.05) is 6.67 Å². The number of amides is 1. The minimum atomic E-state index is -1.33. The third-order valence-electron chi connectivity index (χ3n) is 2.83. The van der Waals surface area contributed by atoms with Gasteiger partial charge < -0.3 is 15.5 Å². The molecular weight excluding hydrogens is 308 g/mol. The number of hydrogen-bond donors (Lipinski definition) is 3. The Hall–Kier alpha value is -0.880. The van der Waals surface area contributed by atoms with Crippen molar-refractivity contribution in [3.05, 3.63) is 35.4 Å². The fourth-order valence-electron chi connectivity index (χ4n) is 1.65. The first-order valence-corrected chi connectivity index (χ1v) is 6.84. The number of alkyl halides is 3. The van der Waals surface area contributed by atoms with Gasteiger partial charge in [-0.15, -0.1) is 0 Å². The van der Waals surface area contributed by atoms with Gasteiger partial charge in [0.1, 0.15) is 12.8 Å². The van der Waals surface area contributed by atoms with Crippen LogP contribution in [0.1, 0.15) is 30.3 Å². The van der Waals surface area contributed by atoms with E-state index in [1.165, 1.54) is 0 Å². The Bertz CT molecular complexity index is 440. The van der Waals surface area contributed by atoms with Gasteiger partial charge in [0.25, 0.3) is 5.91 Å². The molecule has 20 heavy (non-hydrogen) atoms. The summed E-state index contributed by atoms with van der Waals surface area (Å²) in [4.78, 5) is 9.98. The van der Waals surface area contributed by atoms with E-state index in [4.69, 9.17) is 23.2 Å². The second-order valence-corrected chi connectivity index (χ2v) is 5.45. The molecule has 112 valence electrons. The molecule has 0 bridgehead atoms. The Labute approximate surface area is 126 Å². The van der Waals surface area contributed by atoms with Gasteiger partial charge in [0.2, 0.25) is 0 Å². The molecule has 1 aromatic rings. The highest BCUT2D eigenvalue weighted by Crippen LogP contribution is 2.21. The largest absolute Gasteiger partial charge is 0.389 e. The second-order valence-electron chi connectivity index (χ2n) is 4.36. The lowest BCUT2D eigenvalue weighted by Gasteiger charge is -2.22. The summed E-state index contributed by atoms with van der Waals surface area (Å²) in [6.45, 7) is 0.642. The average Bonchev–Trinajstić information content (AvgIpc) is 2.43. The number of carbonyl (C=O) groups excluding carboxylic acids is 1. The predicted molar refractivity (Wildman–Crippen MR) is 75.4 cm³/mol. The summed E-state index contributed by atoms with van der Waals surface area (Å²) in [6, 6.07) is 5.21. The van der Waals surface area contributed by atoms with Crippen LogP contribution in [-0.2, 0) is 4.79 Å². The van der Waals surface area contributed by atoms with Crippen LogP contribution in [0.3, 0.4) is 0 Å². The lowest BCUT2D eigenvalue weighted by Crippen LogP contribution is -2.43. The zero-order valence-corrected chi connectivity index (χ0v) is 12.3. The van der Waals surface area contributed by atoms with E-state index in [0.29, 0.717) is 11.1 Å². The molecule has 0 aliphatic heterocycles. The van der Waals surface area contributed by atoms with E-state index in [2.05, 4.69) is 5.32 Å². The quantitative estimate of drug-likeness (QED) is 0.701. The van der Waals surface area contributed by atoms with Crippen LogP contribution in [0.25, 0.3) is 0 Å². The molecule has 4 nitrogen and oxygen atoms in total. The Morgan fingerprint density at radius 3 is 2.15 bits per heavy atom. The lowest BCUT2D eigenvalue weighted by atomic mass is 10.0. The van der Waals surface area contributed by atoms with Gasteiger partial charge in [0.05, 0.1) is 12.1 Å². The van der Waals surface area contributed by atoms with Gasteiger partial charge in [-0.05, 0) is 18.1 Å². The smallest absolute Gasteiger partial charge is 0.253 e. The molecule has 7 heteroatoms. The van der Waals surface area contributed by atoms with E-state index < -0.39 is 35.7 Å². The number of aliphatic hydroxyl groups excluding tert-OH is 2. The summed E-state index contributed by atoms with van der Waals surface area (Å²) < 4.78 is 12.9. The number of halogens is 3. The Morgan fingerprint density at radius 2 is 1.75 bits per heavy atom. The maximum absolute atomic E-state index is 12.9. The van der Waals surface area contributed by atoms with Crippen LogP contribution in [0.15, 0.2) is 24.3 Å². The van der Waals surface area contributed by atoms with Gasteiger partial charge in [-0.25, -0.2) is 4.39 Å². The summed E-state index contributed by atoms with van der Waals surface area (Å²) in [5.41, 5.74) is 1.08. The van der Waals surface area contributed by atoms with E-state index in [0.717, 1.165) is 0 Å². The van der Waals surface area contributed by atoms with Crippen LogP contribution in [0.2, 0.25) is 0 Å². The second kappa shape index (κ2) is 7.78.